The second kappa shape index (κ2) is 9.03. The van der Waals surface area contributed by atoms with Gasteiger partial charge in [0.05, 0.1) is 5.75 Å². The van der Waals surface area contributed by atoms with Gasteiger partial charge in [-0.05, 0) is 35.2 Å². The molecular formula is C24H23Cl2NO3S. The van der Waals surface area contributed by atoms with Crippen molar-refractivity contribution >= 4 is 44.7 Å². The topological polar surface area (TPSA) is 63.2 Å². The molecule has 0 fully saturated rings. The average molecular weight is 476 g/mol. The fourth-order valence-corrected chi connectivity index (χ4v) is 5.03. The standard InChI is InChI=1S/C24H23Cl2NO3S/c1-24(2,3)18-12-10-16(11-13-18)23(28)17-6-4-7-19(14-17)27-31(29,30)15-20-21(25)8-5-9-22(20)26/h4-14,27H,15H2,1-3H3. The molecule has 0 aliphatic rings. The highest BCUT2D eigenvalue weighted by Gasteiger charge is 2.18. The van der Waals surface area contributed by atoms with Gasteiger partial charge < -0.3 is 0 Å². The Bertz CT molecular complexity index is 1190. The van der Waals surface area contributed by atoms with Gasteiger partial charge in [-0.1, -0.05) is 86.4 Å². The van der Waals surface area contributed by atoms with Gasteiger partial charge in [-0.25, -0.2) is 8.42 Å². The van der Waals surface area contributed by atoms with Crippen molar-refractivity contribution in [2.75, 3.05) is 4.72 Å². The molecule has 0 spiro atoms. The molecule has 7 heteroatoms. The molecule has 0 aliphatic heterocycles. The predicted octanol–water partition coefficient (Wildman–Crippen LogP) is 6.46. The third kappa shape index (κ3) is 5.88. The number of sulfonamides is 1. The zero-order chi connectivity index (χ0) is 22.8. The van der Waals surface area contributed by atoms with Crippen molar-refractivity contribution in [2.45, 2.75) is 31.9 Å². The summed E-state index contributed by atoms with van der Waals surface area (Å²) in [5.41, 5.74) is 2.66. The minimum absolute atomic E-state index is 0.00960. The highest BCUT2D eigenvalue weighted by Crippen LogP contribution is 2.27. The summed E-state index contributed by atoms with van der Waals surface area (Å²) >= 11 is 12.2. The Balaban J connectivity index is 1.80. The molecule has 31 heavy (non-hydrogen) atoms. The van der Waals surface area contributed by atoms with Crippen LogP contribution in [0.1, 0.15) is 47.8 Å². The van der Waals surface area contributed by atoms with E-state index in [0.29, 0.717) is 22.4 Å². The van der Waals surface area contributed by atoms with Crippen LogP contribution in [-0.4, -0.2) is 14.2 Å². The molecular weight excluding hydrogens is 453 g/mol. The maximum absolute atomic E-state index is 12.9. The molecule has 0 heterocycles. The van der Waals surface area contributed by atoms with Crippen molar-refractivity contribution in [2.24, 2.45) is 0 Å². The maximum Gasteiger partial charge on any atom is 0.237 e. The summed E-state index contributed by atoms with van der Waals surface area (Å²) in [7, 11) is -3.79. The lowest BCUT2D eigenvalue weighted by Gasteiger charge is -2.19. The first-order valence-corrected chi connectivity index (χ1v) is 12.1. The second-order valence-electron chi connectivity index (χ2n) is 8.30. The van der Waals surface area contributed by atoms with E-state index < -0.39 is 10.0 Å². The Morgan fingerprint density at radius 3 is 2.03 bits per heavy atom. The van der Waals surface area contributed by atoms with E-state index in [0.717, 1.165) is 5.56 Å². The summed E-state index contributed by atoms with van der Waals surface area (Å²) < 4.78 is 27.8. The van der Waals surface area contributed by atoms with Gasteiger partial charge in [0.1, 0.15) is 0 Å². The fraction of sp³-hybridized carbons (Fsp3) is 0.208. The van der Waals surface area contributed by atoms with Crippen LogP contribution in [0.5, 0.6) is 0 Å². The summed E-state index contributed by atoms with van der Waals surface area (Å²) in [6.07, 6.45) is 0. The van der Waals surface area contributed by atoms with Crippen LogP contribution in [0.15, 0.2) is 66.7 Å². The zero-order valence-electron chi connectivity index (χ0n) is 17.4. The molecule has 0 radical (unpaired) electrons. The number of hydrogen-bond donors (Lipinski definition) is 1. The molecule has 3 rings (SSSR count). The first kappa shape index (κ1) is 23.3. The van der Waals surface area contributed by atoms with Crippen LogP contribution in [0.25, 0.3) is 0 Å². The molecule has 4 nitrogen and oxygen atoms in total. The van der Waals surface area contributed by atoms with E-state index in [1.54, 1.807) is 48.5 Å². The van der Waals surface area contributed by atoms with Crippen LogP contribution in [0.2, 0.25) is 10.0 Å². The molecule has 0 amide bonds. The van der Waals surface area contributed by atoms with Gasteiger partial charge in [0, 0.05) is 32.4 Å². The van der Waals surface area contributed by atoms with E-state index in [4.69, 9.17) is 23.2 Å². The number of anilines is 1. The number of rotatable bonds is 6. The van der Waals surface area contributed by atoms with E-state index in [2.05, 4.69) is 25.5 Å². The lowest BCUT2D eigenvalue weighted by molar-refractivity contribution is 0.103. The van der Waals surface area contributed by atoms with Crippen molar-refractivity contribution < 1.29 is 13.2 Å². The molecule has 0 aromatic heterocycles. The Morgan fingerprint density at radius 1 is 0.871 bits per heavy atom. The summed E-state index contributed by atoms with van der Waals surface area (Å²) in [6.45, 7) is 6.32. The van der Waals surface area contributed by atoms with Gasteiger partial charge in [-0.2, -0.15) is 0 Å². The number of carbonyl (C=O) groups excluding carboxylic acids is 1. The van der Waals surface area contributed by atoms with Crippen LogP contribution in [-0.2, 0) is 21.2 Å². The van der Waals surface area contributed by atoms with Crippen LogP contribution >= 0.6 is 23.2 Å². The Morgan fingerprint density at radius 2 is 1.45 bits per heavy atom. The zero-order valence-corrected chi connectivity index (χ0v) is 19.8. The number of benzene rings is 3. The van der Waals surface area contributed by atoms with Gasteiger partial charge in [0.15, 0.2) is 5.78 Å². The minimum atomic E-state index is -3.79. The van der Waals surface area contributed by atoms with Crippen molar-refractivity contribution in [3.05, 3.63) is 99.0 Å². The summed E-state index contributed by atoms with van der Waals surface area (Å²) in [6, 6.07) is 18.7. The summed E-state index contributed by atoms with van der Waals surface area (Å²) in [5.74, 6) is -0.562. The number of nitrogens with one attached hydrogen (secondary N) is 1. The van der Waals surface area contributed by atoms with Gasteiger partial charge in [0.25, 0.3) is 0 Å². The molecule has 0 unspecified atom stereocenters. The largest absolute Gasteiger partial charge is 0.289 e. The van der Waals surface area contributed by atoms with E-state index >= 15 is 0 Å². The van der Waals surface area contributed by atoms with E-state index in [-0.39, 0.29) is 27.0 Å². The van der Waals surface area contributed by atoms with Crippen LogP contribution in [0, 0.1) is 0 Å². The lowest BCUT2D eigenvalue weighted by Crippen LogP contribution is -2.16. The number of halogens is 2. The molecule has 3 aromatic rings. The molecule has 0 bridgehead atoms. The van der Waals surface area contributed by atoms with Gasteiger partial charge in [-0.15, -0.1) is 0 Å². The summed E-state index contributed by atoms with van der Waals surface area (Å²) in [5, 5.41) is 0.556. The molecule has 0 atom stereocenters. The third-order valence-corrected chi connectivity index (χ3v) is 6.73. The lowest BCUT2D eigenvalue weighted by atomic mass is 9.86. The van der Waals surface area contributed by atoms with E-state index in [1.165, 1.54) is 6.07 Å². The number of carbonyl (C=O) groups is 1. The highest BCUT2D eigenvalue weighted by atomic mass is 35.5. The van der Waals surface area contributed by atoms with Crippen LogP contribution in [0.3, 0.4) is 0 Å². The summed E-state index contributed by atoms with van der Waals surface area (Å²) in [4.78, 5) is 12.9. The second-order valence-corrected chi connectivity index (χ2v) is 10.8. The third-order valence-electron chi connectivity index (χ3n) is 4.81. The molecule has 0 saturated heterocycles. The molecule has 0 saturated carbocycles. The monoisotopic (exact) mass is 475 g/mol. The average Bonchev–Trinajstić information content (AvgIpc) is 2.70. The highest BCUT2D eigenvalue weighted by molar-refractivity contribution is 7.91. The van der Waals surface area contributed by atoms with Crippen molar-refractivity contribution in [3.63, 3.8) is 0 Å². The van der Waals surface area contributed by atoms with Crippen LogP contribution in [0.4, 0.5) is 5.69 Å². The van der Waals surface area contributed by atoms with E-state index in [1.807, 2.05) is 12.1 Å². The van der Waals surface area contributed by atoms with Gasteiger partial charge >= 0.3 is 0 Å². The van der Waals surface area contributed by atoms with Gasteiger partial charge in [0.2, 0.25) is 10.0 Å². The Kier molecular flexibility index (Phi) is 6.79. The van der Waals surface area contributed by atoms with Crippen molar-refractivity contribution in [1.29, 1.82) is 0 Å². The van der Waals surface area contributed by atoms with Crippen LogP contribution < -0.4 is 4.72 Å². The number of ketones is 1. The van der Waals surface area contributed by atoms with E-state index in [9.17, 15) is 13.2 Å². The molecule has 1 N–H and O–H groups in total. The predicted molar refractivity (Wildman–Crippen MR) is 128 cm³/mol. The molecule has 3 aromatic carbocycles. The first-order valence-electron chi connectivity index (χ1n) is 9.65. The molecule has 162 valence electrons. The molecule has 0 aliphatic carbocycles. The fourth-order valence-electron chi connectivity index (χ4n) is 3.09. The minimum Gasteiger partial charge on any atom is -0.289 e. The first-order chi connectivity index (χ1) is 14.5. The maximum atomic E-state index is 12.9. The van der Waals surface area contributed by atoms with Crippen molar-refractivity contribution in [1.82, 2.24) is 0 Å². The quantitative estimate of drug-likeness (QED) is 0.415. The smallest absolute Gasteiger partial charge is 0.237 e. The Hall–Kier alpha value is -2.34. The number of hydrogen-bond acceptors (Lipinski definition) is 3. The van der Waals surface area contributed by atoms with Gasteiger partial charge in [-0.3, -0.25) is 9.52 Å². The van der Waals surface area contributed by atoms with Crippen molar-refractivity contribution in [3.8, 4) is 0 Å². The Labute approximate surface area is 193 Å². The normalized spacial score (nSPS) is 11.9. The SMILES string of the molecule is CC(C)(C)c1ccc(C(=O)c2cccc(NS(=O)(=O)Cc3c(Cl)cccc3Cl)c2)cc1.